The first-order chi connectivity index (χ1) is 32.2. The number of rotatable bonds is 7. The number of nitrogens with zero attached hydrogens (tertiary/aromatic N) is 4. The van der Waals surface area contributed by atoms with E-state index in [2.05, 4.69) is 127 Å². The summed E-state index contributed by atoms with van der Waals surface area (Å²) in [6, 6.07) is 79.3. The van der Waals surface area contributed by atoms with E-state index in [9.17, 15) is 4.79 Å². The lowest BCUT2D eigenvalue weighted by molar-refractivity contribution is 1.05. The molecule has 12 aromatic rings. The summed E-state index contributed by atoms with van der Waals surface area (Å²) in [6.45, 7) is 0. The van der Waals surface area contributed by atoms with Gasteiger partial charge in [0.2, 0.25) is 0 Å². The molecule has 0 spiro atoms. The molecule has 2 heterocycles. The van der Waals surface area contributed by atoms with Gasteiger partial charge in [0.1, 0.15) is 0 Å². The van der Waals surface area contributed by atoms with E-state index >= 15 is 0 Å². The SMILES string of the molecule is O=c1c2ccccc2c2cc(-c3ccc4c(-c5ccccc5)c5ccccc5c(-c5ccccc5)c4c3)ccc2n1-c1ccc(-c2nc(-c3ccccc3)nc(-c3ccccc3)n2)cc1. The first kappa shape index (κ1) is 37.9. The maximum absolute atomic E-state index is 14.6. The molecule has 2 aromatic heterocycles. The normalized spacial score (nSPS) is 11.4. The lowest BCUT2D eigenvalue weighted by Gasteiger charge is -2.19. The van der Waals surface area contributed by atoms with Gasteiger partial charge in [-0.3, -0.25) is 9.36 Å². The lowest BCUT2D eigenvalue weighted by atomic mass is 9.85. The summed E-state index contributed by atoms with van der Waals surface area (Å²) in [4.78, 5) is 29.3. The van der Waals surface area contributed by atoms with Gasteiger partial charge in [0.05, 0.1) is 5.52 Å². The monoisotopic (exact) mass is 830 g/mol. The predicted octanol–water partition coefficient (Wildman–Crippen LogP) is 14.6. The minimum Gasteiger partial charge on any atom is -0.276 e. The first-order valence-corrected chi connectivity index (χ1v) is 21.8. The largest absolute Gasteiger partial charge is 0.276 e. The smallest absolute Gasteiger partial charge is 0.263 e. The summed E-state index contributed by atoms with van der Waals surface area (Å²) < 4.78 is 1.83. The van der Waals surface area contributed by atoms with Crippen LogP contribution in [0.25, 0.3) is 116 Å². The van der Waals surface area contributed by atoms with Crippen LogP contribution in [0.1, 0.15) is 0 Å². The third-order valence-corrected chi connectivity index (χ3v) is 12.5. The third kappa shape index (κ3) is 6.66. The quantitative estimate of drug-likeness (QED) is 0.119. The molecular formula is C60H38N4O. The number of hydrogen-bond acceptors (Lipinski definition) is 4. The molecular weight excluding hydrogens is 793 g/mol. The molecule has 0 aliphatic heterocycles. The zero-order valence-electron chi connectivity index (χ0n) is 35.1. The van der Waals surface area contributed by atoms with E-state index in [1.807, 2.05) is 108 Å². The zero-order valence-corrected chi connectivity index (χ0v) is 35.1. The highest BCUT2D eigenvalue weighted by Gasteiger charge is 2.19. The molecule has 0 N–H and O–H groups in total. The first-order valence-electron chi connectivity index (χ1n) is 21.8. The molecule has 0 saturated heterocycles. The number of aromatic nitrogens is 4. The Kier molecular flexibility index (Phi) is 9.24. The number of benzene rings is 10. The molecule has 12 rings (SSSR count). The predicted molar refractivity (Wildman–Crippen MR) is 268 cm³/mol. The molecule has 0 fully saturated rings. The van der Waals surface area contributed by atoms with Gasteiger partial charge in [-0.1, -0.05) is 182 Å². The van der Waals surface area contributed by atoms with Crippen LogP contribution in [0.3, 0.4) is 0 Å². The Hall–Kier alpha value is -8.80. The van der Waals surface area contributed by atoms with Crippen molar-refractivity contribution in [2.24, 2.45) is 0 Å². The number of fused-ring (bicyclic) bond motifs is 5. The van der Waals surface area contributed by atoms with Crippen LogP contribution in [0.2, 0.25) is 0 Å². The van der Waals surface area contributed by atoms with Crippen LogP contribution >= 0.6 is 0 Å². The molecule has 304 valence electrons. The van der Waals surface area contributed by atoms with Crippen molar-refractivity contribution in [1.29, 1.82) is 0 Å². The summed E-state index contributed by atoms with van der Waals surface area (Å²) in [5.41, 5.74) is 11.1. The Labute approximate surface area is 375 Å². The van der Waals surface area contributed by atoms with Gasteiger partial charge in [-0.05, 0) is 109 Å². The molecule has 10 aromatic carbocycles. The van der Waals surface area contributed by atoms with Gasteiger partial charge in [-0.15, -0.1) is 0 Å². The summed E-state index contributed by atoms with van der Waals surface area (Å²) in [5.74, 6) is 1.75. The van der Waals surface area contributed by atoms with Gasteiger partial charge in [0.25, 0.3) is 5.56 Å². The van der Waals surface area contributed by atoms with Crippen molar-refractivity contribution in [3.63, 3.8) is 0 Å². The number of pyridine rings is 1. The molecule has 5 nitrogen and oxygen atoms in total. The highest BCUT2D eigenvalue weighted by Crippen LogP contribution is 2.45. The Bertz CT molecular complexity index is 3760. The maximum atomic E-state index is 14.6. The minimum absolute atomic E-state index is 0.0787. The number of hydrogen-bond donors (Lipinski definition) is 0. The van der Waals surface area contributed by atoms with Crippen molar-refractivity contribution < 1.29 is 0 Å². The van der Waals surface area contributed by atoms with Gasteiger partial charge in [-0.25, -0.2) is 15.0 Å². The second-order valence-corrected chi connectivity index (χ2v) is 16.3. The maximum Gasteiger partial charge on any atom is 0.263 e. The summed E-state index contributed by atoms with van der Waals surface area (Å²) in [5, 5.41) is 7.39. The van der Waals surface area contributed by atoms with Crippen molar-refractivity contribution in [3.05, 3.63) is 241 Å². The highest BCUT2D eigenvalue weighted by molar-refractivity contribution is 6.22. The Morgan fingerprint density at radius 1 is 0.277 bits per heavy atom. The van der Waals surface area contributed by atoms with Gasteiger partial charge >= 0.3 is 0 Å². The van der Waals surface area contributed by atoms with E-state index in [0.717, 1.165) is 49.8 Å². The Balaban J connectivity index is 1.01. The molecule has 0 aliphatic carbocycles. The molecule has 0 aliphatic rings. The molecule has 0 unspecified atom stereocenters. The summed E-state index contributed by atoms with van der Waals surface area (Å²) in [6.07, 6.45) is 0. The third-order valence-electron chi connectivity index (χ3n) is 12.5. The van der Waals surface area contributed by atoms with Gasteiger partial charge in [0, 0.05) is 33.2 Å². The average Bonchev–Trinajstić information content (AvgIpc) is 3.39. The van der Waals surface area contributed by atoms with E-state index in [0.29, 0.717) is 22.9 Å². The van der Waals surface area contributed by atoms with Crippen LogP contribution in [0.4, 0.5) is 0 Å². The van der Waals surface area contributed by atoms with E-state index in [4.69, 9.17) is 15.0 Å². The van der Waals surface area contributed by atoms with Crippen LogP contribution in [-0.4, -0.2) is 19.5 Å². The molecule has 0 amide bonds. The Morgan fingerprint density at radius 3 is 1.17 bits per heavy atom. The topological polar surface area (TPSA) is 60.7 Å². The van der Waals surface area contributed by atoms with E-state index in [-0.39, 0.29) is 5.56 Å². The van der Waals surface area contributed by atoms with E-state index in [1.165, 1.54) is 43.8 Å². The summed E-state index contributed by atoms with van der Waals surface area (Å²) in [7, 11) is 0. The van der Waals surface area contributed by atoms with Crippen molar-refractivity contribution in [1.82, 2.24) is 19.5 Å². The summed E-state index contributed by atoms with van der Waals surface area (Å²) >= 11 is 0. The molecule has 0 saturated carbocycles. The van der Waals surface area contributed by atoms with Crippen LogP contribution in [0.5, 0.6) is 0 Å². The van der Waals surface area contributed by atoms with Crippen LogP contribution in [-0.2, 0) is 0 Å². The minimum atomic E-state index is -0.0787. The van der Waals surface area contributed by atoms with Crippen molar-refractivity contribution in [2.45, 2.75) is 0 Å². The molecule has 0 bridgehead atoms. The standard InChI is InChI=1S/C60H38N4O/c65-60-51-28-16-13-25-47(51)52-37-45(44-31-35-50-53(38-44)56(40-19-7-2-8-20-40)49-27-15-14-26-48(49)55(50)39-17-5-1-6-18-39)32-36-54(52)64(60)46-33-29-43(30-34-46)59-62-57(41-21-9-3-10-22-41)61-58(63-59)42-23-11-4-12-24-42/h1-38H. The molecule has 5 heteroatoms. The van der Waals surface area contributed by atoms with Crippen LogP contribution in [0, 0.1) is 0 Å². The fourth-order valence-electron chi connectivity index (χ4n) is 9.40. The molecule has 0 radical (unpaired) electrons. The Morgan fingerprint density at radius 2 is 0.646 bits per heavy atom. The van der Waals surface area contributed by atoms with E-state index in [1.54, 1.807) is 0 Å². The van der Waals surface area contributed by atoms with Gasteiger partial charge in [-0.2, -0.15) is 0 Å². The van der Waals surface area contributed by atoms with Gasteiger partial charge in [0.15, 0.2) is 17.5 Å². The average molecular weight is 831 g/mol. The lowest BCUT2D eigenvalue weighted by Crippen LogP contribution is -2.19. The van der Waals surface area contributed by atoms with Crippen molar-refractivity contribution in [3.8, 4) is 73.2 Å². The van der Waals surface area contributed by atoms with Crippen molar-refractivity contribution in [2.75, 3.05) is 0 Å². The van der Waals surface area contributed by atoms with Gasteiger partial charge < -0.3 is 0 Å². The van der Waals surface area contributed by atoms with Crippen LogP contribution in [0.15, 0.2) is 235 Å². The molecule has 0 atom stereocenters. The van der Waals surface area contributed by atoms with Crippen molar-refractivity contribution >= 4 is 43.2 Å². The van der Waals surface area contributed by atoms with E-state index < -0.39 is 0 Å². The second-order valence-electron chi connectivity index (χ2n) is 16.3. The fourth-order valence-corrected chi connectivity index (χ4v) is 9.40. The van der Waals surface area contributed by atoms with Crippen LogP contribution < -0.4 is 5.56 Å². The molecule has 65 heavy (non-hydrogen) atoms. The zero-order chi connectivity index (χ0) is 43.3. The highest BCUT2D eigenvalue weighted by atomic mass is 16.1. The second kappa shape index (κ2) is 15.8. The fraction of sp³-hybridized carbons (Fsp3) is 0.